The van der Waals surface area contributed by atoms with Crippen molar-refractivity contribution in [2.45, 2.75) is 219 Å². The van der Waals surface area contributed by atoms with Gasteiger partial charge >= 0.3 is 0 Å². The first-order valence-corrected chi connectivity index (χ1v) is 19.4. The SMILES string of the molecule is CCCCCCCCCCCCCCCCCC(=O)NN(C[C]=O)NC(=O)CCCCCCCCCCCCCCCCC. The second kappa shape index (κ2) is 36.0. The van der Waals surface area contributed by atoms with E-state index in [4.69, 9.17) is 0 Å². The van der Waals surface area contributed by atoms with Gasteiger partial charge in [-0.3, -0.25) is 25.2 Å². The van der Waals surface area contributed by atoms with E-state index < -0.39 is 0 Å². The highest BCUT2D eigenvalue weighted by Crippen LogP contribution is 2.15. The van der Waals surface area contributed by atoms with E-state index >= 15 is 0 Å². The van der Waals surface area contributed by atoms with Gasteiger partial charge in [-0.25, -0.2) is 0 Å². The van der Waals surface area contributed by atoms with Crippen LogP contribution in [0.2, 0.25) is 0 Å². The van der Waals surface area contributed by atoms with Crippen molar-refractivity contribution in [1.82, 2.24) is 16.0 Å². The molecule has 0 aliphatic carbocycles. The van der Waals surface area contributed by atoms with E-state index in [1.807, 2.05) is 0 Å². The summed E-state index contributed by atoms with van der Waals surface area (Å²) < 4.78 is 0. The predicted octanol–water partition coefficient (Wildman–Crippen LogP) is 11.0. The molecule has 6 heteroatoms. The fraction of sp³-hybridized carbons (Fsp3) is 0.921. The largest absolute Gasteiger partial charge is 0.289 e. The Labute approximate surface area is 274 Å². The Balaban J connectivity index is 3.61. The molecule has 0 aromatic rings. The number of amides is 2. The van der Waals surface area contributed by atoms with Gasteiger partial charge in [0.15, 0.2) is 0 Å². The smallest absolute Gasteiger partial charge is 0.235 e. The molecular formula is C38H74N3O3. The molecule has 0 rings (SSSR count). The number of nitrogens with zero attached hydrogens (tertiary/aromatic N) is 1. The summed E-state index contributed by atoms with van der Waals surface area (Å²) in [4.78, 5) is 35.6. The Morgan fingerprint density at radius 1 is 0.409 bits per heavy atom. The molecule has 0 aliphatic rings. The molecule has 2 amide bonds. The molecule has 0 unspecified atom stereocenters. The molecule has 0 saturated heterocycles. The molecule has 0 saturated carbocycles. The molecule has 259 valence electrons. The average Bonchev–Trinajstić information content (AvgIpc) is 3.01. The van der Waals surface area contributed by atoms with Crippen LogP contribution < -0.4 is 10.9 Å². The van der Waals surface area contributed by atoms with Gasteiger partial charge in [0.1, 0.15) is 6.54 Å². The fourth-order valence-corrected chi connectivity index (χ4v) is 5.90. The molecule has 0 spiro atoms. The number of carbonyl (C=O) groups is 2. The number of hydrazine groups is 2. The second-order valence-corrected chi connectivity index (χ2v) is 13.2. The van der Waals surface area contributed by atoms with E-state index in [0.29, 0.717) is 12.8 Å². The Bertz CT molecular complexity index is 580. The summed E-state index contributed by atoms with van der Waals surface area (Å²) in [6.45, 7) is 4.37. The highest BCUT2D eigenvalue weighted by Gasteiger charge is 2.12. The van der Waals surface area contributed by atoms with E-state index in [-0.39, 0.29) is 18.4 Å². The zero-order valence-corrected chi connectivity index (χ0v) is 29.5. The van der Waals surface area contributed by atoms with E-state index in [9.17, 15) is 14.4 Å². The van der Waals surface area contributed by atoms with Crippen molar-refractivity contribution in [2.24, 2.45) is 0 Å². The van der Waals surface area contributed by atoms with Gasteiger partial charge < -0.3 is 0 Å². The summed E-state index contributed by atoms with van der Waals surface area (Å²) in [7, 11) is 0. The van der Waals surface area contributed by atoms with Crippen molar-refractivity contribution in [3.63, 3.8) is 0 Å². The van der Waals surface area contributed by atoms with Crippen LogP contribution >= 0.6 is 0 Å². The third-order valence-electron chi connectivity index (χ3n) is 8.76. The minimum atomic E-state index is -0.171. The van der Waals surface area contributed by atoms with Gasteiger partial charge in [-0.15, -0.1) is 5.12 Å². The van der Waals surface area contributed by atoms with Crippen LogP contribution in [-0.2, 0) is 14.4 Å². The highest BCUT2D eigenvalue weighted by molar-refractivity contribution is 5.78. The van der Waals surface area contributed by atoms with E-state index in [2.05, 4.69) is 24.7 Å². The van der Waals surface area contributed by atoms with Crippen LogP contribution in [0.25, 0.3) is 0 Å². The van der Waals surface area contributed by atoms with Crippen LogP contribution in [0, 0.1) is 0 Å². The maximum absolute atomic E-state index is 12.3. The summed E-state index contributed by atoms with van der Waals surface area (Å²) in [5.74, 6) is -0.329. The van der Waals surface area contributed by atoms with Crippen LogP contribution in [0.15, 0.2) is 0 Å². The second-order valence-electron chi connectivity index (χ2n) is 13.2. The van der Waals surface area contributed by atoms with Crippen molar-refractivity contribution in [1.29, 1.82) is 0 Å². The summed E-state index contributed by atoms with van der Waals surface area (Å²) in [6.07, 6.45) is 41.2. The Morgan fingerprint density at radius 3 is 0.864 bits per heavy atom. The first-order chi connectivity index (χ1) is 21.6. The molecule has 0 atom stereocenters. The van der Waals surface area contributed by atoms with Gasteiger partial charge in [0.2, 0.25) is 18.1 Å². The zero-order valence-electron chi connectivity index (χ0n) is 29.5. The predicted molar refractivity (Wildman–Crippen MR) is 188 cm³/mol. The molecule has 0 aromatic carbocycles. The Hall–Kier alpha value is -1.43. The number of carbonyl (C=O) groups excluding carboxylic acids is 3. The first-order valence-electron chi connectivity index (χ1n) is 19.4. The normalized spacial score (nSPS) is 11.2. The number of hydrogen-bond acceptors (Lipinski definition) is 4. The van der Waals surface area contributed by atoms with Gasteiger partial charge in [-0.2, -0.15) is 0 Å². The fourth-order valence-electron chi connectivity index (χ4n) is 5.90. The van der Waals surface area contributed by atoms with Gasteiger partial charge in [0.05, 0.1) is 0 Å². The van der Waals surface area contributed by atoms with Crippen LogP contribution in [0.1, 0.15) is 219 Å². The van der Waals surface area contributed by atoms with Crippen LogP contribution in [0.4, 0.5) is 0 Å². The molecular weight excluding hydrogens is 546 g/mol. The molecule has 2 N–H and O–H groups in total. The van der Waals surface area contributed by atoms with E-state index in [1.165, 1.54) is 159 Å². The minimum absolute atomic E-state index is 0.165. The summed E-state index contributed by atoms with van der Waals surface area (Å²) >= 11 is 0. The van der Waals surface area contributed by atoms with Crippen molar-refractivity contribution >= 4 is 18.1 Å². The van der Waals surface area contributed by atoms with Gasteiger partial charge in [-0.05, 0) is 12.8 Å². The average molecular weight is 621 g/mol. The van der Waals surface area contributed by atoms with Gasteiger partial charge in [0, 0.05) is 12.8 Å². The molecule has 0 bridgehead atoms. The third kappa shape index (κ3) is 33.5. The molecule has 44 heavy (non-hydrogen) atoms. The molecule has 6 nitrogen and oxygen atoms in total. The Morgan fingerprint density at radius 2 is 0.636 bits per heavy atom. The van der Waals surface area contributed by atoms with Crippen LogP contribution in [0.5, 0.6) is 0 Å². The maximum Gasteiger partial charge on any atom is 0.235 e. The van der Waals surface area contributed by atoms with E-state index in [1.54, 1.807) is 6.29 Å². The lowest BCUT2D eigenvalue weighted by Gasteiger charge is -2.21. The molecule has 0 aromatic heterocycles. The van der Waals surface area contributed by atoms with Gasteiger partial charge in [0.25, 0.3) is 0 Å². The van der Waals surface area contributed by atoms with Crippen molar-refractivity contribution in [3.8, 4) is 0 Å². The highest BCUT2D eigenvalue weighted by atomic mass is 16.2. The molecule has 0 fully saturated rings. The van der Waals surface area contributed by atoms with E-state index in [0.717, 1.165) is 38.5 Å². The van der Waals surface area contributed by atoms with Gasteiger partial charge in [-0.1, -0.05) is 194 Å². The lowest BCUT2D eigenvalue weighted by Crippen LogP contribution is -2.53. The number of nitrogens with one attached hydrogen (secondary N) is 2. The minimum Gasteiger partial charge on any atom is -0.289 e. The number of hydrogen-bond donors (Lipinski definition) is 2. The Kier molecular flexibility index (Phi) is 34.9. The zero-order chi connectivity index (χ0) is 32.2. The summed E-state index contributed by atoms with van der Waals surface area (Å²) in [6, 6.07) is 0. The number of rotatable bonds is 36. The lowest BCUT2D eigenvalue weighted by atomic mass is 10.0. The topological polar surface area (TPSA) is 78.5 Å². The summed E-state index contributed by atoms with van der Waals surface area (Å²) in [5.41, 5.74) is 5.30. The summed E-state index contributed by atoms with van der Waals surface area (Å²) in [5, 5.41) is 1.19. The molecule has 0 aliphatic heterocycles. The van der Waals surface area contributed by atoms with Crippen molar-refractivity contribution in [2.75, 3.05) is 6.54 Å². The van der Waals surface area contributed by atoms with Crippen LogP contribution in [-0.4, -0.2) is 29.8 Å². The molecule has 0 heterocycles. The number of unbranched alkanes of at least 4 members (excludes halogenated alkanes) is 28. The first kappa shape index (κ1) is 42.6. The van der Waals surface area contributed by atoms with Crippen molar-refractivity contribution in [3.05, 3.63) is 0 Å². The third-order valence-corrected chi connectivity index (χ3v) is 8.76. The lowest BCUT2D eigenvalue weighted by molar-refractivity contribution is -0.133. The van der Waals surface area contributed by atoms with Crippen LogP contribution in [0.3, 0.4) is 0 Å². The monoisotopic (exact) mass is 621 g/mol. The molecule has 1 radical (unpaired) electrons. The standard InChI is InChI=1S/C38H74N3O3/c1-3-5-7-9-11-13-15-17-19-21-23-25-27-29-31-33-37(43)39-41(35-36-42)40-38(44)34-32-30-28-26-24-22-20-18-16-14-12-10-8-6-4-2/h3-35H2,1-2H3,(H,39,43)(H,40,44). The quantitative estimate of drug-likeness (QED) is 0.0539. The maximum atomic E-state index is 12.3. The van der Waals surface area contributed by atoms with Crippen molar-refractivity contribution < 1.29 is 14.4 Å².